The van der Waals surface area contributed by atoms with Gasteiger partial charge in [0.1, 0.15) is 11.4 Å². The fourth-order valence-corrected chi connectivity index (χ4v) is 3.74. The van der Waals surface area contributed by atoms with Crippen molar-refractivity contribution < 1.29 is 4.79 Å². The summed E-state index contributed by atoms with van der Waals surface area (Å²) in [6.45, 7) is 1.91. The SMILES string of the molecule is Cc1cnc(NC(=O)C2=C(N=O)c3ccccc3SN2C)s1. The second-order valence-corrected chi connectivity index (χ2v) is 7.01. The maximum Gasteiger partial charge on any atom is 0.276 e. The summed E-state index contributed by atoms with van der Waals surface area (Å²) in [5.74, 6) is -0.395. The van der Waals surface area contributed by atoms with E-state index >= 15 is 0 Å². The van der Waals surface area contributed by atoms with Crippen molar-refractivity contribution in [3.8, 4) is 0 Å². The third-order valence-electron chi connectivity index (χ3n) is 3.06. The van der Waals surface area contributed by atoms with Gasteiger partial charge in [-0.05, 0) is 30.1 Å². The van der Waals surface area contributed by atoms with Gasteiger partial charge < -0.3 is 4.31 Å². The third-order valence-corrected chi connectivity index (χ3v) is 4.90. The normalized spacial score (nSPS) is 13.8. The molecule has 1 aliphatic rings. The Labute approximate surface area is 135 Å². The molecule has 22 heavy (non-hydrogen) atoms. The number of rotatable bonds is 3. The van der Waals surface area contributed by atoms with Gasteiger partial charge in [-0.25, -0.2) is 4.98 Å². The zero-order valence-corrected chi connectivity index (χ0v) is 13.5. The maximum atomic E-state index is 12.5. The van der Waals surface area contributed by atoms with Gasteiger partial charge in [0.05, 0.1) is 0 Å². The lowest BCUT2D eigenvalue weighted by molar-refractivity contribution is -0.113. The number of aryl methyl sites for hydroxylation is 1. The Morgan fingerprint density at radius 3 is 2.82 bits per heavy atom. The molecule has 3 rings (SSSR count). The van der Waals surface area contributed by atoms with Gasteiger partial charge in [0.25, 0.3) is 5.91 Å². The number of anilines is 1. The summed E-state index contributed by atoms with van der Waals surface area (Å²) in [5, 5.41) is 6.30. The van der Waals surface area contributed by atoms with E-state index < -0.39 is 5.91 Å². The molecule has 2 aromatic rings. The lowest BCUT2D eigenvalue weighted by atomic mass is 10.1. The van der Waals surface area contributed by atoms with Crippen molar-refractivity contribution in [1.82, 2.24) is 9.29 Å². The van der Waals surface area contributed by atoms with Crippen LogP contribution >= 0.6 is 23.3 Å². The van der Waals surface area contributed by atoms with Crippen molar-refractivity contribution in [3.63, 3.8) is 0 Å². The van der Waals surface area contributed by atoms with Gasteiger partial charge in [-0.3, -0.25) is 10.1 Å². The molecule has 0 bridgehead atoms. The van der Waals surface area contributed by atoms with Crippen LogP contribution in [0.2, 0.25) is 0 Å². The minimum atomic E-state index is -0.395. The number of hydrogen-bond donors (Lipinski definition) is 1. The number of nitroso groups, excluding NO2 is 1. The fraction of sp³-hybridized carbons (Fsp3) is 0.143. The van der Waals surface area contributed by atoms with E-state index in [1.807, 2.05) is 25.1 Å². The number of aromatic nitrogens is 1. The number of nitrogens with one attached hydrogen (secondary N) is 1. The Morgan fingerprint density at radius 1 is 1.36 bits per heavy atom. The van der Waals surface area contributed by atoms with Crippen molar-refractivity contribution in [1.29, 1.82) is 0 Å². The quantitative estimate of drug-likeness (QED) is 0.688. The van der Waals surface area contributed by atoms with Crippen LogP contribution in [0.5, 0.6) is 0 Å². The maximum absolute atomic E-state index is 12.5. The summed E-state index contributed by atoms with van der Waals surface area (Å²) >= 11 is 2.76. The zero-order valence-electron chi connectivity index (χ0n) is 11.9. The molecule has 0 fully saturated rings. The number of carbonyl (C=O) groups is 1. The number of thiazole rings is 1. The Bertz CT molecular complexity index is 785. The summed E-state index contributed by atoms with van der Waals surface area (Å²) in [4.78, 5) is 29.8. The topological polar surface area (TPSA) is 74.7 Å². The summed E-state index contributed by atoms with van der Waals surface area (Å²) in [6.07, 6.45) is 1.68. The van der Waals surface area contributed by atoms with Crippen LogP contribution in [0.4, 0.5) is 5.13 Å². The molecule has 0 atom stereocenters. The standard InChI is InChI=1S/C14H12N4O2S2/c1-8-7-15-14(21-8)16-13(19)12-11(17-20)9-5-3-4-6-10(9)22-18(12)2/h3-7H,1-2H3,(H,15,16,19). The monoisotopic (exact) mass is 332 g/mol. The molecular formula is C14H12N4O2S2. The second kappa shape index (κ2) is 5.90. The molecule has 2 heterocycles. The highest BCUT2D eigenvalue weighted by atomic mass is 32.2. The molecule has 0 unspecified atom stereocenters. The van der Waals surface area contributed by atoms with Crippen LogP contribution in [0.25, 0.3) is 5.70 Å². The van der Waals surface area contributed by atoms with E-state index in [9.17, 15) is 9.70 Å². The van der Waals surface area contributed by atoms with Gasteiger partial charge in [0.2, 0.25) is 0 Å². The van der Waals surface area contributed by atoms with E-state index in [-0.39, 0.29) is 11.4 Å². The van der Waals surface area contributed by atoms with Gasteiger partial charge in [-0.1, -0.05) is 18.2 Å². The summed E-state index contributed by atoms with van der Waals surface area (Å²) in [7, 11) is 1.73. The molecular weight excluding hydrogens is 320 g/mol. The van der Waals surface area contributed by atoms with E-state index in [0.717, 1.165) is 9.77 Å². The average Bonchev–Trinajstić information content (AvgIpc) is 2.90. The minimum absolute atomic E-state index is 0.141. The molecule has 0 saturated carbocycles. The minimum Gasteiger partial charge on any atom is -0.308 e. The van der Waals surface area contributed by atoms with Gasteiger partial charge >= 0.3 is 0 Å². The van der Waals surface area contributed by atoms with Crippen LogP contribution in [0.15, 0.2) is 46.2 Å². The predicted molar refractivity (Wildman–Crippen MR) is 88.3 cm³/mol. The highest BCUT2D eigenvalue weighted by molar-refractivity contribution is 7.97. The fourth-order valence-electron chi connectivity index (χ4n) is 2.12. The summed E-state index contributed by atoms with van der Waals surface area (Å²) < 4.78 is 1.65. The van der Waals surface area contributed by atoms with Crippen molar-refractivity contribution >= 4 is 40.0 Å². The van der Waals surface area contributed by atoms with E-state index in [2.05, 4.69) is 15.5 Å². The summed E-state index contributed by atoms with van der Waals surface area (Å²) in [6, 6.07) is 7.37. The van der Waals surface area contributed by atoms with Crippen LogP contribution < -0.4 is 5.32 Å². The number of benzene rings is 1. The third kappa shape index (κ3) is 2.62. The van der Waals surface area contributed by atoms with Crippen molar-refractivity contribution in [2.24, 2.45) is 5.18 Å². The number of amides is 1. The van der Waals surface area contributed by atoms with Gasteiger partial charge in [-0.15, -0.1) is 16.2 Å². The van der Waals surface area contributed by atoms with Crippen LogP contribution in [0.1, 0.15) is 10.4 Å². The van der Waals surface area contributed by atoms with Crippen molar-refractivity contribution in [2.45, 2.75) is 11.8 Å². The number of hydrogen-bond acceptors (Lipinski definition) is 7. The molecule has 1 amide bonds. The molecule has 0 aliphatic carbocycles. The Hall–Kier alpha value is -2.19. The highest BCUT2D eigenvalue weighted by Gasteiger charge is 2.29. The van der Waals surface area contributed by atoms with E-state index in [1.165, 1.54) is 23.3 Å². The molecule has 0 spiro atoms. The van der Waals surface area contributed by atoms with Gasteiger partial charge in [-0.2, -0.15) is 0 Å². The summed E-state index contributed by atoms with van der Waals surface area (Å²) in [5.41, 5.74) is 1.04. The number of likely N-dealkylation sites (N-methyl/N-ethyl adjacent to an activating group) is 1. The first-order valence-electron chi connectivity index (χ1n) is 6.42. The Balaban J connectivity index is 2.01. The molecule has 1 aliphatic heterocycles. The Kier molecular flexibility index (Phi) is 3.95. The molecule has 6 nitrogen and oxygen atoms in total. The first-order chi connectivity index (χ1) is 10.6. The second-order valence-electron chi connectivity index (χ2n) is 4.60. The molecule has 1 N–H and O–H groups in total. The lowest BCUT2D eigenvalue weighted by Gasteiger charge is -2.27. The largest absolute Gasteiger partial charge is 0.308 e. The first kappa shape index (κ1) is 14.7. The molecule has 112 valence electrons. The molecule has 1 aromatic heterocycles. The lowest BCUT2D eigenvalue weighted by Crippen LogP contribution is -2.27. The predicted octanol–water partition coefficient (Wildman–Crippen LogP) is 3.48. The van der Waals surface area contributed by atoms with Crippen LogP contribution in [-0.4, -0.2) is 22.2 Å². The van der Waals surface area contributed by atoms with E-state index in [1.54, 1.807) is 23.6 Å². The smallest absolute Gasteiger partial charge is 0.276 e. The first-order valence-corrected chi connectivity index (χ1v) is 8.01. The van der Waals surface area contributed by atoms with E-state index in [4.69, 9.17) is 0 Å². The van der Waals surface area contributed by atoms with Crippen LogP contribution in [0, 0.1) is 11.8 Å². The Morgan fingerprint density at radius 2 is 2.14 bits per heavy atom. The zero-order chi connectivity index (χ0) is 15.7. The molecule has 1 aromatic carbocycles. The van der Waals surface area contributed by atoms with Gasteiger partial charge in [0.15, 0.2) is 5.13 Å². The number of nitrogens with zero attached hydrogens (tertiary/aromatic N) is 3. The number of fused-ring (bicyclic) bond motifs is 1. The molecule has 0 saturated heterocycles. The highest BCUT2D eigenvalue weighted by Crippen LogP contribution is 2.40. The van der Waals surface area contributed by atoms with E-state index in [0.29, 0.717) is 10.7 Å². The number of carbonyl (C=O) groups excluding carboxylic acids is 1. The van der Waals surface area contributed by atoms with Crippen molar-refractivity contribution in [2.75, 3.05) is 12.4 Å². The van der Waals surface area contributed by atoms with Crippen LogP contribution in [0.3, 0.4) is 0 Å². The van der Waals surface area contributed by atoms with Gasteiger partial charge in [0, 0.05) is 28.6 Å². The van der Waals surface area contributed by atoms with Crippen molar-refractivity contribution in [3.05, 3.63) is 51.5 Å². The van der Waals surface area contributed by atoms with Crippen LogP contribution in [-0.2, 0) is 4.79 Å². The molecule has 8 heteroatoms. The average molecular weight is 332 g/mol. The molecule has 0 radical (unpaired) electrons.